The van der Waals surface area contributed by atoms with Gasteiger partial charge in [-0.2, -0.15) is 0 Å². The molecule has 0 saturated carbocycles. The Morgan fingerprint density at radius 1 is 1.29 bits per heavy atom. The molecule has 1 aromatic carbocycles. The van der Waals surface area contributed by atoms with Crippen LogP contribution in [0.4, 0.5) is 0 Å². The van der Waals surface area contributed by atoms with Crippen molar-refractivity contribution >= 4 is 11.7 Å². The molecule has 0 unspecified atom stereocenters. The van der Waals surface area contributed by atoms with Crippen LogP contribution in [0.2, 0.25) is 0 Å². The van der Waals surface area contributed by atoms with Crippen LogP contribution in [0.15, 0.2) is 36.5 Å². The molecule has 0 saturated heterocycles. The van der Waals surface area contributed by atoms with Crippen molar-refractivity contribution in [2.24, 2.45) is 0 Å². The van der Waals surface area contributed by atoms with E-state index in [1.54, 1.807) is 26.3 Å². The predicted molar refractivity (Wildman–Crippen MR) is 79.6 cm³/mol. The molecular formula is C16H18N2O3. The minimum absolute atomic E-state index is 0.00929. The van der Waals surface area contributed by atoms with E-state index in [4.69, 9.17) is 4.74 Å². The lowest BCUT2D eigenvalue weighted by Crippen LogP contribution is -2.23. The zero-order valence-electron chi connectivity index (χ0n) is 12.1. The number of carbonyl (C=O) groups is 2. The van der Waals surface area contributed by atoms with Gasteiger partial charge in [0.1, 0.15) is 11.4 Å². The Labute approximate surface area is 123 Å². The summed E-state index contributed by atoms with van der Waals surface area (Å²) < 4.78 is 5.23. The molecule has 0 radical (unpaired) electrons. The molecule has 2 aromatic rings. The van der Waals surface area contributed by atoms with Crippen molar-refractivity contribution in [1.29, 1.82) is 0 Å². The van der Waals surface area contributed by atoms with E-state index in [0.29, 0.717) is 24.2 Å². The fourth-order valence-electron chi connectivity index (χ4n) is 2.01. The fourth-order valence-corrected chi connectivity index (χ4v) is 2.01. The number of methoxy groups -OCH3 is 1. The van der Waals surface area contributed by atoms with Crippen LogP contribution in [0.25, 0.3) is 0 Å². The topological polar surface area (TPSA) is 71.2 Å². The number of hydrogen-bond acceptors (Lipinski definition) is 3. The molecule has 110 valence electrons. The van der Waals surface area contributed by atoms with Crippen molar-refractivity contribution in [2.45, 2.75) is 19.9 Å². The average molecular weight is 286 g/mol. The van der Waals surface area contributed by atoms with Crippen LogP contribution in [0.1, 0.15) is 39.8 Å². The maximum absolute atomic E-state index is 12.0. The molecule has 0 spiro atoms. The number of ether oxygens (including phenoxy) is 1. The molecule has 1 aromatic heterocycles. The van der Waals surface area contributed by atoms with E-state index in [-0.39, 0.29) is 11.7 Å². The molecule has 0 bridgehead atoms. The summed E-state index contributed by atoms with van der Waals surface area (Å²) in [5.41, 5.74) is 1.80. The summed E-state index contributed by atoms with van der Waals surface area (Å²) in [5, 5.41) is 2.80. The van der Waals surface area contributed by atoms with Gasteiger partial charge in [0.05, 0.1) is 7.11 Å². The fraction of sp³-hybridized carbons (Fsp3) is 0.250. The van der Waals surface area contributed by atoms with Gasteiger partial charge in [-0.1, -0.05) is 25.1 Å². The first-order valence-electron chi connectivity index (χ1n) is 6.77. The number of aromatic nitrogens is 1. The number of H-pyrrole nitrogens is 1. The molecule has 1 heterocycles. The van der Waals surface area contributed by atoms with Crippen LogP contribution >= 0.6 is 0 Å². The molecular weight excluding hydrogens is 268 g/mol. The van der Waals surface area contributed by atoms with Gasteiger partial charge in [-0.3, -0.25) is 9.59 Å². The number of Topliss-reactive ketones (excluding diaryl/α,β-unsaturated/α-hetero) is 1. The van der Waals surface area contributed by atoms with Gasteiger partial charge in [-0.05, 0) is 12.1 Å². The zero-order chi connectivity index (χ0) is 15.2. The largest absolute Gasteiger partial charge is 0.496 e. The van der Waals surface area contributed by atoms with Crippen molar-refractivity contribution in [1.82, 2.24) is 10.3 Å². The van der Waals surface area contributed by atoms with Crippen molar-refractivity contribution in [2.75, 3.05) is 7.11 Å². The second-order valence-corrected chi connectivity index (χ2v) is 4.57. The third kappa shape index (κ3) is 3.51. The number of rotatable bonds is 6. The van der Waals surface area contributed by atoms with Gasteiger partial charge in [-0.25, -0.2) is 0 Å². The van der Waals surface area contributed by atoms with Crippen molar-refractivity contribution in [3.63, 3.8) is 0 Å². The zero-order valence-corrected chi connectivity index (χ0v) is 12.1. The number of carbonyl (C=O) groups excluding carboxylic acids is 2. The number of ketones is 1. The number of amides is 1. The molecule has 21 heavy (non-hydrogen) atoms. The Balaban J connectivity index is 2.02. The van der Waals surface area contributed by atoms with Crippen LogP contribution < -0.4 is 10.1 Å². The molecule has 0 aliphatic rings. The third-order valence-electron chi connectivity index (χ3n) is 3.20. The molecule has 0 fully saturated rings. The smallest absolute Gasteiger partial charge is 0.267 e. The van der Waals surface area contributed by atoms with Gasteiger partial charge < -0.3 is 15.0 Å². The number of nitrogens with one attached hydrogen (secondary N) is 2. The van der Waals surface area contributed by atoms with Gasteiger partial charge in [0.15, 0.2) is 5.78 Å². The first-order chi connectivity index (χ1) is 10.2. The molecule has 5 nitrogen and oxygen atoms in total. The van der Waals surface area contributed by atoms with Gasteiger partial charge >= 0.3 is 0 Å². The first kappa shape index (κ1) is 14.8. The number of aromatic amines is 1. The minimum Gasteiger partial charge on any atom is -0.496 e. The summed E-state index contributed by atoms with van der Waals surface area (Å²) in [6, 6.07) is 9.06. The van der Waals surface area contributed by atoms with E-state index in [1.165, 1.54) is 0 Å². The van der Waals surface area contributed by atoms with E-state index in [2.05, 4.69) is 10.3 Å². The Morgan fingerprint density at radius 3 is 2.76 bits per heavy atom. The van der Waals surface area contributed by atoms with Crippen LogP contribution in [0.5, 0.6) is 5.75 Å². The Hall–Kier alpha value is -2.56. The normalized spacial score (nSPS) is 10.2. The average Bonchev–Trinajstić information content (AvgIpc) is 3.02. The Morgan fingerprint density at radius 2 is 2.05 bits per heavy atom. The number of benzene rings is 1. The van der Waals surface area contributed by atoms with E-state index in [9.17, 15) is 9.59 Å². The van der Waals surface area contributed by atoms with Crippen molar-refractivity contribution < 1.29 is 14.3 Å². The van der Waals surface area contributed by atoms with E-state index >= 15 is 0 Å². The quantitative estimate of drug-likeness (QED) is 0.802. The molecule has 5 heteroatoms. The SMILES string of the molecule is CCC(=O)c1c[nH]c(C(=O)NCc2ccccc2OC)c1. The summed E-state index contributed by atoms with van der Waals surface area (Å²) in [5.74, 6) is 0.484. The van der Waals surface area contributed by atoms with Crippen LogP contribution in [-0.4, -0.2) is 23.8 Å². The monoisotopic (exact) mass is 286 g/mol. The summed E-state index contributed by atoms with van der Waals surface area (Å²) in [7, 11) is 1.59. The standard InChI is InChI=1S/C16H18N2O3/c1-3-14(19)12-8-13(17-10-12)16(20)18-9-11-6-4-5-7-15(11)21-2/h4-8,10,17H,3,9H2,1-2H3,(H,18,20). The lowest BCUT2D eigenvalue weighted by atomic mass is 10.1. The van der Waals surface area contributed by atoms with E-state index in [0.717, 1.165) is 11.3 Å². The van der Waals surface area contributed by atoms with Gasteiger partial charge in [0.2, 0.25) is 0 Å². The van der Waals surface area contributed by atoms with Crippen molar-refractivity contribution in [3.8, 4) is 5.75 Å². The maximum Gasteiger partial charge on any atom is 0.267 e. The van der Waals surface area contributed by atoms with E-state index < -0.39 is 0 Å². The summed E-state index contributed by atoms with van der Waals surface area (Å²) >= 11 is 0. The highest BCUT2D eigenvalue weighted by molar-refractivity contribution is 6.00. The Bertz CT molecular complexity index is 646. The second-order valence-electron chi connectivity index (χ2n) is 4.57. The highest BCUT2D eigenvalue weighted by Crippen LogP contribution is 2.17. The molecule has 0 aliphatic carbocycles. The van der Waals surface area contributed by atoms with Gasteiger partial charge in [-0.15, -0.1) is 0 Å². The Kier molecular flexibility index (Phi) is 4.77. The predicted octanol–water partition coefficient (Wildman–Crippen LogP) is 2.55. The summed E-state index contributed by atoms with van der Waals surface area (Å²) in [6.45, 7) is 2.15. The van der Waals surface area contributed by atoms with Gasteiger partial charge in [0, 0.05) is 30.3 Å². The highest BCUT2D eigenvalue weighted by atomic mass is 16.5. The van der Waals surface area contributed by atoms with Crippen LogP contribution in [0.3, 0.4) is 0 Å². The highest BCUT2D eigenvalue weighted by Gasteiger charge is 2.12. The lowest BCUT2D eigenvalue weighted by molar-refractivity contribution is 0.0946. The molecule has 1 amide bonds. The molecule has 0 aliphatic heterocycles. The lowest BCUT2D eigenvalue weighted by Gasteiger charge is -2.08. The first-order valence-corrected chi connectivity index (χ1v) is 6.77. The van der Waals surface area contributed by atoms with E-state index in [1.807, 2.05) is 24.3 Å². The number of para-hydroxylation sites is 1. The van der Waals surface area contributed by atoms with Crippen molar-refractivity contribution in [3.05, 3.63) is 53.3 Å². The molecule has 0 atom stereocenters. The second kappa shape index (κ2) is 6.74. The maximum atomic E-state index is 12.0. The number of hydrogen-bond donors (Lipinski definition) is 2. The molecule has 2 rings (SSSR count). The third-order valence-corrected chi connectivity index (χ3v) is 3.20. The van der Waals surface area contributed by atoms with Gasteiger partial charge in [0.25, 0.3) is 5.91 Å². The summed E-state index contributed by atoms with van der Waals surface area (Å²) in [6.07, 6.45) is 1.98. The van der Waals surface area contributed by atoms with Crippen LogP contribution in [0, 0.1) is 0 Å². The molecule has 2 N–H and O–H groups in total. The van der Waals surface area contributed by atoms with Crippen LogP contribution in [-0.2, 0) is 6.54 Å². The minimum atomic E-state index is -0.254. The summed E-state index contributed by atoms with van der Waals surface area (Å²) in [4.78, 5) is 26.4.